The Bertz CT molecular complexity index is 414. The Morgan fingerprint density at radius 2 is 2.25 bits per heavy atom. The topological polar surface area (TPSA) is 64.1 Å². The predicted octanol–water partition coefficient (Wildman–Crippen LogP) is 2.28. The lowest BCUT2D eigenvalue weighted by Crippen LogP contribution is -2.53. The molecule has 20 heavy (non-hydrogen) atoms. The van der Waals surface area contributed by atoms with Gasteiger partial charge in [-0.3, -0.25) is 15.1 Å². The summed E-state index contributed by atoms with van der Waals surface area (Å²) >= 11 is 1.65. The summed E-state index contributed by atoms with van der Waals surface area (Å²) in [5.41, 5.74) is -0.633. The number of rotatable bonds is 8. The van der Waals surface area contributed by atoms with Crippen molar-refractivity contribution >= 4 is 17.7 Å². The molecule has 0 saturated heterocycles. The van der Waals surface area contributed by atoms with Crippen molar-refractivity contribution in [1.82, 2.24) is 15.3 Å². The molecule has 0 aliphatic rings. The van der Waals surface area contributed by atoms with Crippen LogP contribution in [0.4, 0.5) is 0 Å². The lowest BCUT2D eigenvalue weighted by Gasteiger charge is -2.30. The van der Waals surface area contributed by atoms with Crippen molar-refractivity contribution in [2.24, 2.45) is 0 Å². The molecule has 0 aliphatic carbocycles. The zero-order valence-corrected chi connectivity index (χ0v) is 13.4. The molecular weight excluding hydrogens is 274 g/mol. The molecule has 1 atom stereocenters. The van der Waals surface area contributed by atoms with Gasteiger partial charge in [0.05, 0.1) is 13.3 Å². The minimum absolute atomic E-state index is 0.212. The van der Waals surface area contributed by atoms with Crippen LogP contribution in [-0.2, 0) is 9.53 Å². The highest BCUT2D eigenvalue weighted by Gasteiger charge is 2.33. The highest BCUT2D eigenvalue weighted by Crippen LogP contribution is 2.20. The summed E-state index contributed by atoms with van der Waals surface area (Å²) in [7, 11) is 1.43. The minimum atomic E-state index is -0.633. The fraction of sp³-hybridized carbons (Fsp3) is 0.643. The molecule has 5 nitrogen and oxygen atoms in total. The molecule has 1 heterocycles. The van der Waals surface area contributed by atoms with E-state index in [0.29, 0.717) is 0 Å². The summed E-state index contributed by atoms with van der Waals surface area (Å²) in [6.07, 6.45) is 6.71. The Kier molecular flexibility index (Phi) is 6.95. The first-order valence-electron chi connectivity index (χ1n) is 6.73. The number of esters is 1. The number of methoxy groups -OCH3 is 1. The van der Waals surface area contributed by atoms with Gasteiger partial charge in [0.1, 0.15) is 10.6 Å². The minimum Gasteiger partial charge on any atom is -0.468 e. The molecule has 0 saturated carbocycles. The van der Waals surface area contributed by atoms with Gasteiger partial charge in [-0.25, -0.2) is 4.98 Å². The third-order valence-electron chi connectivity index (χ3n) is 2.85. The molecule has 0 fully saturated rings. The number of hydrogen-bond donors (Lipinski definition) is 1. The van der Waals surface area contributed by atoms with Crippen LogP contribution in [0.5, 0.6) is 0 Å². The van der Waals surface area contributed by atoms with Crippen LogP contribution in [0.25, 0.3) is 0 Å². The first kappa shape index (κ1) is 16.9. The molecule has 0 spiro atoms. The Morgan fingerprint density at radius 1 is 1.50 bits per heavy atom. The monoisotopic (exact) mass is 297 g/mol. The zero-order valence-electron chi connectivity index (χ0n) is 12.5. The average molecular weight is 297 g/mol. The first-order chi connectivity index (χ1) is 9.48. The van der Waals surface area contributed by atoms with Crippen molar-refractivity contribution in [2.45, 2.75) is 50.2 Å². The fourth-order valence-corrected chi connectivity index (χ4v) is 2.83. The van der Waals surface area contributed by atoms with Crippen LogP contribution < -0.4 is 5.32 Å². The van der Waals surface area contributed by atoms with E-state index in [0.717, 1.165) is 23.6 Å². The van der Waals surface area contributed by atoms with E-state index in [2.05, 4.69) is 15.3 Å². The molecule has 1 unspecified atom stereocenters. The van der Waals surface area contributed by atoms with Crippen molar-refractivity contribution in [2.75, 3.05) is 12.9 Å². The normalized spacial score (nSPS) is 14.1. The SMILES string of the molecule is COC(=O)C(C)(CCCSc1cnccn1)NC(C)C. The molecule has 6 heteroatoms. The third kappa shape index (κ3) is 5.46. The molecule has 0 aromatic carbocycles. The van der Waals surface area contributed by atoms with Gasteiger partial charge in [-0.15, -0.1) is 11.8 Å². The van der Waals surface area contributed by atoms with Crippen LogP contribution in [0.2, 0.25) is 0 Å². The van der Waals surface area contributed by atoms with Gasteiger partial charge in [-0.1, -0.05) is 0 Å². The van der Waals surface area contributed by atoms with Crippen molar-refractivity contribution in [1.29, 1.82) is 0 Å². The van der Waals surface area contributed by atoms with Crippen LogP contribution in [0, 0.1) is 0 Å². The molecule has 0 amide bonds. The van der Waals surface area contributed by atoms with Crippen LogP contribution in [0.15, 0.2) is 23.6 Å². The standard InChI is InChI=1S/C14H23N3O2S/c1-11(2)17-14(3,13(18)19-4)6-5-9-20-12-10-15-7-8-16-12/h7-8,10-11,17H,5-6,9H2,1-4H3. The second-order valence-corrected chi connectivity index (χ2v) is 6.23. The van der Waals surface area contributed by atoms with E-state index >= 15 is 0 Å². The van der Waals surface area contributed by atoms with Gasteiger partial charge < -0.3 is 4.74 Å². The van der Waals surface area contributed by atoms with Gasteiger partial charge >= 0.3 is 5.97 Å². The summed E-state index contributed by atoms with van der Waals surface area (Å²) in [4.78, 5) is 20.1. The van der Waals surface area contributed by atoms with E-state index in [1.807, 2.05) is 20.8 Å². The summed E-state index contributed by atoms with van der Waals surface area (Å²) in [5, 5.41) is 4.20. The van der Waals surface area contributed by atoms with Crippen LogP contribution in [0.1, 0.15) is 33.6 Å². The second kappa shape index (κ2) is 8.21. The Hall–Kier alpha value is -1.14. The molecular formula is C14H23N3O2S. The van der Waals surface area contributed by atoms with Crippen molar-refractivity contribution in [3.63, 3.8) is 0 Å². The lowest BCUT2D eigenvalue weighted by molar-refractivity contribution is -0.148. The van der Waals surface area contributed by atoms with Gasteiger partial charge in [-0.2, -0.15) is 0 Å². The molecule has 0 aliphatic heterocycles. The highest BCUT2D eigenvalue weighted by molar-refractivity contribution is 7.99. The Balaban J connectivity index is 2.44. The Labute approximate surface area is 124 Å². The molecule has 112 valence electrons. The smallest absolute Gasteiger partial charge is 0.325 e. The zero-order chi connectivity index (χ0) is 15.0. The van der Waals surface area contributed by atoms with E-state index in [-0.39, 0.29) is 12.0 Å². The largest absolute Gasteiger partial charge is 0.468 e. The van der Waals surface area contributed by atoms with E-state index in [1.165, 1.54) is 7.11 Å². The van der Waals surface area contributed by atoms with Crippen LogP contribution in [-0.4, -0.2) is 40.4 Å². The summed E-state index contributed by atoms with van der Waals surface area (Å²) in [6.45, 7) is 5.94. The van der Waals surface area contributed by atoms with Crippen LogP contribution in [0.3, 0.4) is 0 Å². The Morgan fingerprint density at radius 3 is 2.80 bits per heavy atom. The number of thioether (sulfide) groups is 1. The number of hydrogen-bond acceptors (Lipinski definition) is 6. The van der Waals surface area contributed by atoms with Gasteiger partial charge in [-0.05, 0) is 39.4 Å². The number of nitrogens with one attached hydrogen (secondary N) is 1. The number of ether oxygens (including phenoxy) is 1. The maximum Gasteiger partial charge on any atom is 0.325 e. The van der Waals surface area contributed by atoms with Crippen molar-refractivity contribution < 1.29 is 9.53 Å². The van der Waals surface area contributed by atoms with Gasteiger partial charge in [0.15, 0.2) is 0 Å². The molecule has 1 rings (SSSR count). The van der Waals surface area contributed by atoms with E-state index in [1.54, 1.807) is 30.4 Å². The molecule has 1 N–H and O–H groups in total. The van der Waals surface area contributed by atoms with Crippen molar-refractivity contribution in [3.8, 4) is 0 Å². The predicted molar refractivity (Wildman–Crippen MR) is 80.7 cm³/mol. The van der Waals surface area contributed by atoms with E-state index < -0.39 is 5.54 Å². The van der Waals surface area contributed by atoms with E-state index in [4.69, 9.17) is 4.74 Å². The number of carbonyl (C=O) groups is 1. The maximum absolute atomic E-state index is 11.9. The third-order valence-corrected chi connectivity index (χ3v) is 3.85. The molecule has 0 bridgehead atoms. The highest BCUT2D eigenvalue weighted by atomic mass is 32.2. The van der Waals surface area contributed by atoms with Gasteiger partial charge in [0, 0.05) is 18.4 Å². The summed E-state index contributed by atoms with van der Waals surface area (Å²) in [5.74, 6) is 0.682. The second-order valence-electron chi connectivity index (χ2n) is 5.12. The first-order valence-corrected chi connectivity index (χ1v) is 7.71. The van der Waals surface area contributed by atoms with Gasteiger partial charge in [0.2, 0.25) is 0 Å². The summed E-state index contributed by atoms with van der Waals surface area (Å²) in [6, 6.07) is 0.228. The lowest BCUT2D eigenvalue weighted by atomic mass is 9.95. The van der Waals surface area contributed by atoms with E-state index in [9.17, 15) is 4.79 Å². The molecule has 1 aromatic rings. The molecule has 1 aromatic heterocycles. The summed E-state index contributed by atoms with van der Waals surface area (Å²) < 4.78 is 4.90. The fourth-order valence-electron chi connectivity index (χ4n) is 2.06. The maximum atomic E-state index is 11.9. The average Bonchev–Trinajstić information content (AvgIpc) is 2.43. The van der Waals surface area contributed by atoms with Gasteiger partial charge in [0.25, 0.3) is 0 Å². The number of nitrogens with zero attached hydrogens (tertiary/aromatic N) is 2. The van der Waals surface area contributed by atoms with Crippen LogP contribution >= 0.6 is 11.8 Å². The number of aromatic nitrogens is 2. The number of carbonyl (C=O) groups excluding carboxylic acids is 1. The quantitative estimate of drug-likeness (QED) is 0.451. The molecule has 0 radical (unpaired) electrons. The van der Waals surface area contributed by atoms with Crippen molar-refractivity contribution in [3.05, 3.63) is 18.6 Å².